The number of hydrogen-bond acceptors (Lipinski definition) is 6. The van der Waals surface area contributed by atoms with E-state index in [1.54, 1.807) is 24.0 Å². The summed E-state index contributed by atoms with van der Waals surface area (Å²) in [7, 11) is 0. The fourth-order valence-corrected chi connectivity index (χ4v) is 3.81. The van der Waals surface area contributed by atoms with E-state index in [0.29, 0.717) is 17.2 Å². The minimum Gasteiger partial charge on any atom is -0.354 e. The number of nitriles is 1. The van der Waals surface area contributed by atoms with Gasteiger partial charge < -0.3 is 10.6 Å². The van der Waals surface area contributed by atoms with E-state index in [9.17, 15) is 5.26 Å². The lowest BCUT2D eigenvalue weighted by atomic mass is 10.1. The van der Waals surface area contributed by atoms with Crippen LogP contribution < -0.4 is 10.6 Å². The molecule has 2 aromatic carbocycles. The summed E-state index contributed by atoms with van der Waals surface area (Å²) in [4.78, 5) is 9.91. The predicted octanol–water partition coefficient (Wildman–Crippen LogP) is 4.54. The quantitative estimate of drug-likeness (QED) is 0.642. The van der Waals surface area contributed by atoms with E-state index in [0.717, 1.165) is 28.6 Å². The van der Waals surface area contributed by atoms with Crippen LogP contribution in [-0.2, 0) is 6.42 Å². The van der Waals surface area contributed by atoms with Crippen LogP contribution in [0, 0.1) is 11.3 Å². The standard InChI is InChI=1S/C21H17N5S/c22-14-16(20-25-18-8-4-5-9-19(18)27-20)17-11-13-24-21(26-17)23-12-10-15-6-2-1-3-7-15/h1-9,11,13,25H,10,12H2,(H,23,24,26)/b20-16+. The van der Waals surface area contributed by atoms with Gasteiger partial charge in [-0.25, -0.2) is 9.97 Å². The summed E-state index contributed by atoms with van der Waals surface area (Å²) in [6.07, 6.45) is 2.56. The molecule has 3 aromatic rings. The van der Waals surface area contributed by atoms with Crippen LogP contribution in [-0.4, -0.2) is 16.5 Å². The number of aromatic nitrogens is 2. The maximum Gasteiger partial charge on any atom is 0.223 e. The zero-order chi connectivity index (χ0) is 18.5. The molecule has 0 radical (unpaired) electrons. The average Bonchev–Trinajstić information content (AvgIpc) is 3.13. The second-order valence-electron chi connectivity index (χ2n) is 5.97. The molecule has 6 heteroatoms. The molecule has 0 aliphatic carbocycles. The van der Waals surface area contributed by atoms with Gasteiger partial charge in [-0.05, 0) is 30.2 Å². The van der Waals surface area contributed by atoms with Crippen LogP contribution in [0.3, 0.4) is 0 Å². The minimum absolute atomic E-state index is 0.518. The zero-order valence-corrected chi connectivity index (χ0v) is 15.3. The highest BCUT2D eigenvalue weighted by molar-refractivity contribution is 8.04. The second-order valence-corrected chi connectivity index (χ2v) is 7.02. The van der Waals surface area contributed by atoms with Gasteiger partial charge in [0.1, 0.15) is 11.6 Å². The highest BCUT2D eigenvalue weighted by Crippen LogP contribution is 2.43. The summed E-state index contributed by atoms with van der Waals surface area (Å²) in [6, 6.07) is 22.3. The first-order valence-corrected chi connectivity index (χ1v) is 9.44. The fraction of sp³-hybridized carbons (Fsp3) is 0.0952. The van der Waals surface area contributed by atoms with Crippen molar-refractivity contribution in [2.75, 3.05) is 17.2 Å². The van der Waals surface area contributed by atoms with Crippen molar-refractivity contribution in [3.05, 3.63) is 83.1 Å². The molecule has 27 heavy (non-hydrogen) atoms. The number of nitrogens with one attached hydrogen (secondary N) is 2. The number of allylic oxidation sites excluding steroid dienone is 1. The molecule has 0 saturated carbocycles. The molecule has 0 amide bonds. The Hall–Kier alpha value is -3.30. The topological polar surface area (TPSA) is 73.6 Å². The zero-order valence-electron chi connectivity index (χ0n) is 14.5. The third-order valence-electron chi connectivity index (χ3n) is 4.14. The number of anilines is 2. The minimum atomic E-state index is 0.518. The number of hydrogen-bond donors (Lipinski definition) is 2. The van der Waals surface area contributed by atoms with Crippen LogP contribution in [0.5, 0.6) is 0 Å². The van der Waals surface area contributed by atoms with Gasteiger partial charge in [0.15, 0.2) is 0 Å². The molecule has 0 fully saturated rings. The Balaban J connectivity index is 1.50. The number of benzene rings is 2. The van der Waals surface area contributed by atoms with Gasteiger partial charge in [-0.2, -0.15) is 5.26 Å². The molecule has 0 spiro atoms. The predicted molar refractivity (Wildman–Crippen MR) is 109 cm³/mol. The molecule has 2 heterocycles. The molecule has 1 aliphatic heterocycles. The van der Waals surface area contributed by atoms with Crippen molar-refractivity contribution < 1.29 is 0 Å². The molecule has 0 bridgehead atoms. The van der Waals surface area contributed by atoms with Crippen LogP contribution in [0.4, 0.5) is 11.6 Å². The van der Waals surface area contributed by atoms with Crippen molar-refractivity contribution in [1.82, 2.24) is 9.97 Å². The first-order valence-electron chi connectivity index (χ1n) is 8.63. The van der Waals surface area contributed by atoms with Gasteiger partial charge in [0.25, 0.3) is 0 Å². The van der Waals surface area contributed by atoms with Gasteiger partial charge in [-0.3, -0.25) is 0 Å². The van der Waals surface area contributed by atoms with Crippen LogP contribution >= 0.6 is 11.8 Å². The van der Waals surface area contributed by atoms with Crippen molar-refractivity contribution in [3.8, 4) is 6.07 Å². The van der Waals surface area contributed by atoms with Crippen molar-refractivity contribution in [1.29, 1.82) is 5.26 Å². The summed E-state index contributed by atoms with van der Waals surface area (Å²) in [5, 5.41) is 17.0. The monoisotopic (exact) mass is 371 g/mol. The number of rotatable bonds is 5. The van der Waals surface area contributed by atoms with Gasteiger partial charge >= 0.3 is 0 Å². The first kappa shape index (κ1) is 17.1. The smallest absolute Gasteiger partial charge is 0.223 e. The summed E-state index contributed by atoms with van der Waals surface area (Å²) < 4.78 is 0. The molecule has 1 aromatic heterocycles. The Bertz CT molecular complexity index is 997. The number of thioether (sulfide) groups is 1. The molecule has 0 saturated heterocycles. The van der Waals surface area contributed by atoms with Gasteiger partial charge in [0, 0.05) is 17.6 Å². The van der Waals surface area contributed by atoms with E-state index in [4.69, 9.17) is 0 Å². The lowest BCUT2D eigenvalue weighted by Crippen LogP contribution is -2.09. The lowest BCUT2D eigenvalue weighted by molar-refractivity contribution is 0.981. The molecule has 5 nitrogen and oxygen atoms in total. The number of fused-ring (bicyclic) bond motifs is 1. The maximum absolute atomic E-state index is 9.69. The summed E-state index contributed by atoms with van der Waals surface area (Å²) in [5.74, 6) is 0.525. The summed E-state index contributed by atoms with van der Waals surface area (Å²) in [6.45, 7) is 0.727. The molecular formula is C21H17N5S. The van der Waals surface area contributed by atoms with E-state index < -0.39 is 0 Å². The van der Waals surface area contributed by atoms with Crippen molar-refractivity contribution in [3.63, 3.8) is 0 Å². The van der Waals surface area contributed by atoms with Crippen LogP contribution in [0.2, 0.25) is 0 Å². The van der Waals surface area contributed by atoms with Crippen molar-refractivity contribution >= 4 is 29.0 Å². The van der Waals surface area contributed by atoms with E-state index in [1.165, 1.54) is 5.56 Å². The normalized spacial score (nSPS) is 14.0. The van der Waals surface area contributed by atoms with Crippen molar-refractivity contribution in [2.45, 2.75) is 11.3 Å². The highest BCUT2D eigenvalue weighted by Gasteiger charge is 2.20. The Morgan fingerprint density at radius 1 is 1.07 bits per heavy atom. The number of nitrogens with zero attached hydrogens (tertiary/aromatic N) is 3. The molecule has 0 atom stereocenters. The Labute approximate surface area is 162 Å². The average molecular weight is 371 g/mol. The van der Waals surface area contributed by atoms with Crippen molar-refractivity contribution in [2.24, 2.45) is 0 Å². The second kappa shape index (κ2) is 7.94. The van der Waals surface area contributed by atoms with Crippen LogP contribution in [0.25, 0.3) is 5.57 Å². The molecular weight excluding hydrogens is 354 g/mol. The van der Waals surface area contributed by atoms with Gasteiger partial charge in [-0.1, -0.05) is 54.2 Å². The first-order chi connectivity index (χ1) is 13.3. The maximum atomic E-state index is 9.69. The van der Waals surface area contributed by atoms with E-state index in [2.05, 4.69) is 38.8 Å². The van der Waals surface area contributed by atoms with Gasteiger partial charge in [-0.15, -0.1) is 0 Å². The van der Waals surface area contributed by atoms with E-state index >= 15 is 0 Å². The third-order valence-corrected chi connectivity index (χ3v) is 5.22. The van der Waals surface area contributed by atoms with E-state index in [1.807, 2.05) is 42.5 Å². The fourth-order valence-electron chi connectivity index (χ4n) is 2.80. The molecule has 1 aliphatic rings. The Kier molecular flexibility index (Phi) is 5.04. The lowest BCUT2D eigenvalue weighted by Gasteiger charge is -2.07. The van der Waals surface area contributed by atoms with Gasteiger partial charge in [0.05, 0.1) is 16.4 Å². The molecule has 4 rings (SSSR count). The van der Waals surface area contributed by atoms with Crippen LogP contribution in [0.1, 0.15) is 11.3 Å². The van der Waals surface area contributed by atoms with Gasteiger partial charge in [0.2, 0.25) is 5.95 Å². The molecule has 132 valence electrons. The SMILES string of the molecule is N#C/C(=C1/Nc2ccccc2S1)c1ccnc(NCCc2ccccc2)n1. The summed E-state index contributed by atoms with van der Waals surface area (Å²) in [5.41, 5.74) is 3.40. The summed E-state index contributed by atoms with van der Waals surface area (Å²) >= 11 is 1.55. The van der Waals surface area contributed by atoms with E-state index in [-0.39, 0.29) is 0 Å². The molecule has 0 unspecified atom stereocenters. The Morgan fingerprint density at radius 3 is 2.70 bits per heavy atom. The largest absolute Gasteiger partial charge is 0.354 e. The highest BCUT2D eigenvalue weighted by atomic mass is 32.2. The Morgan fingerprint density at radius 2 is 1.89 bits per heavy atom. The third kappa shape index (κ3) is 3.94. The van der Waals surface area contributed by atoms with Crippen LogP contribution in [0.15, 0.2) is 76.8 Å². The number of para-hydroxylation sites is 1. The molecule has 2 N–H and O–H groups in total.